The summed E-state index contributed by atoms with van der Waals surface area (Å²) >= 11 is 0. The highest BCUT2D eigenvalue weighted by molar-refractivity contribution is 5.92. The summed E-state index contributed by atoms with van der Waals surface area (Å²) in [5.74, 6) is -0.479. The number of amides is 3. The lowest BCUT2D eigenvalue weighted by molar-refractivity contribution is -0.142. The molecule has 7 nitrogen and oxygen atoms in total. The van der Waals surface area contributed by atoms with Gasteiger partial charge in [0.1, 0.15) is 17.7 Å². The first-order valence-electron chi connectivity index (χ1n) is 14.6. The Morgan fingerprint density at radius 1 is 0.868 bits per heavy atom. The minimum absolute atomic E-state index is 0.185. The van der Waals surface area contributed by atoms with Crippen LogP contribution in [0.5, 0.6) is 0 Å². The van der Waals surface area contributed by atoms with Crippen molar-refractivity contribution in [2.75, 3.05) is 13.1 Å². The first-order chi connectivity index (χ1) is 17.9. The van der Waals surface area contributed by atoms with Crippen molar-refractivity contribution in [1.29, 1.82) is 0 Å². The number of hydrogen-bond donors (Lipinski definition) is 2. The second-order valence-electron chi connectivity index (χ2n) is 11.5. The summed E-state index contributed by atoms with van der Waals surface area (Å²) in [5, 5.41) is 5.75. The van der Waals surface area contributed by atoms with E-state index in [9.17, 15) is 14.4 Å². The van der Waals surface area contributed by atoms with E-state index < -0.39 is 23.8 Å². The van der Waals surface area contributed by atoms with Crippen molar-refractivity contribution in [1.82, 2.24) is 15.5 Å². The fourth-order valence-electron chi connectivity index (χ4n) is 4.55. The van der Waals surface area contributed by atoms with Gasteiger partial charge in [-0.15, -0.1) is 0 Å². The first-order valence-corrected chi connectivity index (χ1v) is 14.6. The Bertz CT molecular complexity index is 858. The van der Waals surface area contributed by atoms with Gasteiger partial charge < -0.3 is 20.3 Å². The van der Waals surface area contributed by atoms with E-state index in [2.05, 4.69) is 30.5 Å². The zero-order valence-corrected chi connectivity index (χ0v) is 25.2. The molecule has 0 heterocycles. The maximum atomic E-state index is 13.9. The molecule has 2 N–H and O–H groups in total. The zero-order chi connectivity index (χ0) is 28.7. The fourth-order valence-corrected chi connectivity index (χ4v) is 4.55. The summed E-state index contributed by atoms with van der Waals surface area (Å²) in [5.41, 5.74) is 2.19. The van der Waals surface area contributed by atoms with Gasteiger partial charge in [-0.25, -0.2) is 4.79 Å². The number of hydrogen-bond acceptors (Lipinski definition) is 4. The number of benzene rings is 1. The number of nitrogens with one attached hydrogen (secondary N) is 2. The van der Waals surface area contributed by atoms with Crippen LogP contribution in [0.4, 0.5) is 4.79 Å². The van der Waals surface area contributed by atoms with Crippen LogP contribution in [-0.4, -0.2) is 47.5 Å². The average Bonchev–Trinajstić information content (AvgIpc) is 2.80. The first kappa shape index (κ1) is 33.5. The molecule has 0 saturated carbocycles. The third kappa shape index (κ3) is 12.8. The summed E-state index contributed by atoms with van der Waals surface area (Å²) in [6.45, 7) is 16.3. The van der Waals surface area contributed by atoms with Gasteiger partial charge in [-0.2, -0.15) is 0 Å². The minimum atomic E-state index is -0.841. The Labute approximate surface area is 231 Å². The number of unbranched alkanes of at least 4 members (excludes halogenated alkanes) is 7. The Morgan fingerprint density at radius 3 is 2.00 bits per heavy atom. The minimum Gasteiger partial charge on any atom is -0.444 e. The highest BCUT2D eigenvalue weighted by atomic mass is 16.6. The number of aryl methyl sites for hydroxylation is 2. The Morgan fingerprint density at radius 2 is 1.42 bits per heavy atom. The van der Waals surface area contributed by atoms with Gasteiger partial charge in [0.15, 0.2) is 0 Å². The highest BCUT2D eigenvalue weighted by Crippen LogP contribution is 2.26. The third-order valence-corrected chi connectivity index (χ3v) is 6.34. The predicted molar refractivity (Wildman–Crippen MR) is 155 cm³/mol. The Hall–Kier alpha value is -2.57. The van der Waals surface area contributed by atoms with E-state index in [0.717, 1.165) is 55.2 Å². The average molecular weight is 532 g/mol. The van der Waals surface area contributed by atoms with Crippen molar-refractivity contribution in [2.45, 2.75) is 131 Å². The molecule has 0 radical (unpaired) electrons. The van der Waals surface area contributed by atoms with Crippen LogP contribution in [0.3, 0.4) is 0 Å². The van der Waals surface area contributed by atoms with Crippen LogP contribution in [0, 0.1) is 13.8 Å². The van der Waals surface area contributed by atoms with E-state index in [1.807, 2.05) is 26.0 Å². The summed E-state index contributed by atoms with van der Waals surface area (Å²) in [7, 11) is 0. The molecule has 2 atom stereocenters. The fraction of sp³-hybridized carbons (Fsp3) is 0.710. The second kappa shape index (κ2) is 17.1. The van der Waals surface area contributed by atoms with Crippen molar-refractivity contribution in [2.24, 2.45) is 0 Å². The normalized spacial score (nSPS) is 12.9. The Balaban J connectivity index is 3.28. The quantitative estimate of drug-likeness (QED) is 0.231. The number of carbonyl (C=O) groups excluding carboxylic acids is 3. The van der Waals surface area contributed by atoms with Gasteiger partial charge >= 0.3 is 6.09 Å². The zero-order valence-electron chi connectivity index (χ0n) is 25.2. The lowest BCUT2D eigenvalue weighted by Gasteiger charge is -2.34. The molecular formula is C31H53N3O4. The maximum absolute atomic E-state index is 13.9. The van der Waals surface area contributed by atoms with E-state index in [0.29, 0.717) is 13.1 Å². The SMILES string of the molecule is CCCCCCCCN(C(=O)C(C)NC(=O)OC(C)(C)C)C(C(=O)NCCCCC)c1cc(C)cc(C)c1. The van der Waals surface area contributed by atoms with Crippen molar-refractivity contribution in [3.05, 3.63) is 34.9 Å². The standard InChI is InChI=1S/C31H53N3O4/c1-9-11-13-14-15-17-19-34(29(36)25(5)33-30(37)38-31(6,7)8)27(28(35)32-18-16-12-10-2)26-21-23(3)20-24(4)22-26/h20-22,25,27H,9-19H2,1-8H3,(H,32,35)(H,33,37). The van der Waals surface area contributed by atoms with Crippen LogP contribution in [0.1, 0.15) is 122 Å². The predicted octanol–water partition coefficient (Wildman–Crippen LogP) is 6.75. The van der Waals surface area contributed by atoms with Gasteiger partial charge in [-0.05, 0) is 59.9 Å². The van der Waals surface area contributed by atoms with Crippen LogP contribution in [-0.2, 0) is 14.3 Å². The molecule has 0 aliphatic heterocycles. The van der Waals surface area contributed by atoms with E-state index in [4.69, 9.17) is 4.74 Å². The lowest BCUT2D eigenvalue weighted by atomic mass is 9.98. The molecular weight excluding hydrogens is 478 g/mol. The molecule has 38 heavy (non-hydrogen) atoms. The molecule has 0 aromatic heterocycles. The topological polar surface area (TPSA) is 87.7 Å². The molecule has 2 unspecified atom stereocenters. The van der Waals surface area contributed by atoms with E-state index >= 15 is 0 Å². The number of rotatable bonds is 16. The summed E-state index contributed by atoms with van der Waals surface area (Å²) in [6, 6.07) is 4.41. The maximum Gasteiger partial charge on any atom is 0.408 e. The molecule has 1 aromatic carbocycles. The highest BCUT2D eigenvalue weighted by Gasteiger charge is 2.34. The van der Waals surface area contributed by atoms with Crippen molar-refractivity contribution in [3.8, 4) is 0 Å². The van der Waals surface area contributed by atoms with Crippen LogP contribution >= 0.6 is 0 Å². The molecule has 1 rings (SSSR count). The molecule has 0 bridgehead atoms. The molecule has 7 heteroatoms. The largest absolute Gasteiger partial charge is 0.444 e. The van der Waals surface area contributed by atoms with Gasteiger partial charge in [0.05, 0.1) is 0 Å². The van der Waals surface area contributed by atoms with Crippen LogP contribution < -0.4 is 10.6 Å². The van der Waals surface area contributed by atoms with Gasteiger partial charge in [-0.1, -0.05) is 88.1 Å². The van der Waals surface area contributed by atoms with Crippen LogP contribution in [0.25, 0.3) is 0 Å². The molecule has 0 saturated heterocycles. The van der Waals surface area contributed by atoms with E-state index in [-0.39, 0.29) is 11.8 Å². The molecule has 216 valence electrons. The van der Waals surface area contributed by atoms with Crippen LogP contribution in [0.15, 0.2) is 18.2 Å². The Kier molecular flexibility index (Phi) is 15.1. The van der Waals surface area contributed by atoms with Gasteiger partial charge in [0.2, 0.25) is 11.8 Å². The number of alkyl carbamates (subject to hydrolysis) is 1. The van der Waals surface area contributed by atoms with Gasteiger partial charge in [0.25, 0.3) is 0 Å². The molecule has 3 amide bonds. The van der Waals surface area contributed by atoms with E-state index in [1.54, 1.807) is 32.6 Å². The van der Waals surface area contributed by atoms with Crippen molar-refractivity contribution in [3.63, 3.8) is 0 Å². The molecule has 0 aliphatic carbocycles. The molecule has 0 fully saturated rings. The molecule has 1 aromatic rings. The van der Waals surface area contributed by atoms with E-state index in [1.165, 1.54) is 19.3 Å². The smallest absolute Gasteiger partial charge is 0.408 e. The monoisotopic (exact) mass is 531 g/mol. The van der Waals surface area contributed by atoms with Gasteiger partial charge in [-0.3, -0.25) is 9.59 Å². The molecule has 0 aliphatic rings. The van der Waals surface area contributed by atoms with Crippen molar-refractivity contribution >= 4 is 17.9 Å². The summed E-state index contributed by atoms with van der Waals surface area (Å²) in [6.07, 6.45) is 8.75. The number of carbonyl (C=O) groups is 3. The van der Waals surface area contributed by atoms with Gasteiger partial charge in [0, 0.05) is 13.1 Å². The summed E-state index contributed by atoms with van der Waals surface area (Å²) in [4.78, 5) is 41.6. The molecule has 0 spiro atoms. The van der Waals surface area contributed by atoms with Crippen molar-refractivity contribution < 1.29 is 19.1 Å². The lowest BCUT2D eigenvalue weighted by Crippen LogP contribution is -2.52. The third-order valence-electron chi connectivity index (χ3n) is 6.34. The number of nitrogens with zero attached hydrogens (tertiary/aromatic N) is 1. The summed E-state index contributed by atoms with van der Waals surface area (Å²) < 4.78 is 5.37. The second-order valence-corrected chi connectivity index (χ2v) is 11.5. The number of ether oxygens (including phenoxy) is 1. The van der Waals surface area contributed by atoms with Crippen LogP contribution in [0.2, 0.25) is 0 Å².